The number of aryl methyl sites for hydroxylation is 3. The average Bonchev–Trinajstić information content (AvgIpc) is 2.66. The third-order valence-electron chi connectivity index (χ3n) is 4.47. The first-order chi connectivity index (χ1) is 13.7. The van der Waals surface area contributed by atoms with Crippen molar-refractivity contribution in [1.29, 1.82) is 0 Å². The van der Waals surface area contributed by atoms with Crippen molar-refractivity contribution in [2.75, 3.05) is 11.9 Å². The molecule has 0 fully saturated rings. The van der Waals surface area contributed by atoms with Gasteiger partial charge in [0.05, 0.1) is 4.90 Å². The topological polar surface area (TPSA) is 84.5 Å². The van der Waals surface area contributed by atoms with Gasteiger partial charge >= 0.3 is 0 Å². The highest BCUT2D eigenvalue weighted by Crippen LogP contribution is 2.24. The molecule has 2 N–H and O–H groups in total. The molecule has 1 amide bonds. The van der Waals surface area contributed by atoms with E-state index in [4.69, 9.17) is 4.74 Å². The molecule has 29 heavy (non-hydrogen) atoms. The molecule has 158 valence electrons. The molecule has 2 aromatic carbocycles. The first-order valence-electron chi connectivity index (χ1n) is 9.84. The van der Waals surface area contributed by atoms with E-state index >= 15 is 0 Å². The minimum absolute atomic E-state index is 0.154. The number of benzene rings is 2. The molecular weight excluding hydrogens is 388 g/mol. The number of rotatable bonds is 9. The van der Waals surface area contributed by atoms with Gasteiger partial charge in [0.1, 0.15) is 5.75 Å². The van der Waals surface area contributed by atoms with Crippen LogP contribution in [-0.2, 0) is 27.7 Å². The van der Waals surface area contributed by atoms with Gasteiger partial charge in [0.25, 0.3) is 5.91 Å². The Hall–Kier alpha value is -2.38. The summed E-state index contributed by atoms with van der Waals surface area (Å²) >= 11 is 0. The second-order valence-corrected chi connectivity index (χ2v) is 8.91. The number of anilines is 1. The number of para-hydroxylation sites is 1. The van der Waals surface area contributed by atoms with Crippen molar-refractivity contribution in [3.63, 3.8) is 0 Å². The van der Waals surface area contributed by atoms with Gasteiger partial charge in [-0.3, -0.25) is 4.79 Å². The number of hydrogen-bond donors (Lipinski definition) is 2. The summed E-state index contributed by atoms with van der Waals surface area (Å²) in [5, 5.41) is 2.96. The molecule has 0 heterocycles. The Kier molecular flexibility index (Phi) is 7.81. The van der Waals surface area contributed by atoms with Gasteiger partial charge in [-0.25, -0.2) is 13.1 Å². The summed E-state index contributed by atoms with van der Waals surface area (Å²) in [5.74, 6) is 0.223. The van der Waals surface area contributed by atoms with Crippen LogP contribution in [0.3, 0.4) is 0 Å². The summed E-state index contributed by atoms with van der Waals surface area (Å²) in [5.41, 5.74) is 3.67. The number of amides is 1. The van der Waals surface area contributed by atoms with Gasteiger partial charge in [-0.15, -0.1) is 0 Å². The van der Waals surface area contributed by atoms with E-state index in [1.165, 1.54) is 6.07 Å². The fraction of sp³-hybridized carbons (Fsp3) is 0.409. The van der Waals surface area contributed by atoms with Crippen molar-refractivity contribution < 1.29 is 17.9 Å². The lowest BCUT2D eigenvalue weighted by atomic mass is 10.0. The van der Waals surface area contributed by atoms with E-state index in [0.717, 1.165) is 29.7 Å². The molecule has 0 aliphatic heterocycles. The smallest absolute Gasteiger partial charge is 0.262 e. The fourth-order valence-electron chi connectivity index (χ4n) is 3.05. The summed E-state index contributed by atoms with van der Waals surface area (Å²) < 4.78 is 32.7. The summed E-state index contributed by atoms with van der Waals surface area (Å²) in [6.45, 7) is 9.23. The number of sulfonamides is 1. The lowest BCUT2D eigenvalue weighted by molar-refractivity contribution is -0.118. The predicted molar refractivity (Wildman–Crippen MR) is 116 cm³/mol. The molecule has 0 saturated heterocycles. The summed E-state index contributed by atoms with van der Waals surface area (Å²) in [7, 11) is -3.57. The second kappa shape index (κ2) is 9.89. The molecule has 2 rings (SSSR count). The van der Waals surface area contributed by atoms with Crippen molar-refractivity contribution in [2.24, 2.45) is 0 Å². The summed E-state index contributed by atoms with van der Waals surface area (Å²) in [4.78, 5) is 12.6. The maximum atomic E-state index is 12.4. The molecule has 0 aliphatic carbocycles. The van der Waals surface area contributed by atoms with Crippen LogP contribution in [0, 0.1) is 6.92 Å². The van der Waals surface area contributed by atoms with E-state index in [9.17, 15) is 13.2 Å². The van der Waals surface area contributed by atoms with Crippen LogP contribution in [0.5, 0.6) is 5.75 Å². The molecule has 0 radical (unpaired) electrons. The molecule has 0 atom stereocenters. The minimum Gasteiger partial charge on any atom is -0.483 e. The van der Waals surface area contributed by atoms with Crippen molar-refractivity contribution in [1.82, 2.24) is 4.72 Å². The normalized spacial score (nSPS) is 11.5. The second-order valence-electron chi connectivity index (χ2n) is 7.20. The highest BCUT2D eigenvalue weighted by molar-refractivity contribution is 7.89. The van der Waals surface area contributed by atoms with Crippen LogP contribution in [0.25, 0.3) is 0 Å². The SMILES string of the molecule is CCc1cccc(CC)c1NC(=O)COc1ccc(S(=O)(=O)NC(C)C)cc1C. The van der Waals surface area contributed by atoms with Gasteiger partial charge in [-0.1, -0.05) is 32.0 Å². The van der Waals surface area contributed by atoms with Crippen LogP contribution in [0.4, 0.5) is 5.69 Å². The van der Waals surface area contributed by atoms with Crippen molar-refractivity contribution in [3.8, 4) is 5.75 Å². The van der Waals surface area contributed by atoms with Crippen LogP contribution in [0.15, 0.2) is 41.3 Å². The van der Waals surface area contributed by atoms with Crippen LogP contribution in [0.1, 0.15) is 44.4 Å². The Morgan fingerprint density at radius 3 is 2.21 bits per heavy atom. The first-order valence-corrected chi connectivity index (χ1v) is 11.3. The molecule has 0 unspecified atom stereocenters. The van der Waals surface area contributed by atoms with Gasteiger partial charge in [0.15, 0.2) is 6.61 Å². The van der Waals surface area contributed by atoms with E-state index in [-0.39, 0.29) is 23.5 Å². The largest absolute Gasteiger partial charge is 0.483 e. The van der Waals surface area contributed by atoms with Crippen LogP contribution in [-0.4, -0.2) is 27.0 Å². The maximum Gasteiger partial charge on any atom is 0.262 e. The van der Waals surface area contributed by atoms with E-state index in [0.29, 0.717) is 11.3 Å². The molecule has 0 saturated carbocycles. The van der Waals surface area contributed by atoms with Crippen molar-refractivity contribution >= 4 is 21.6 Å². The molecular formula is C22H30N2O4S. The molecule has 0 aromatic heterocycles. The summed E-state index contributed by atoms with van der Waals surface area (Å²) in [6, 6.07) is 10.4. The quantitative estimate of drug-likeness (QED) is 0.648. The number of carbonyl (C=O) groups is 1. The number of ether oxygens (including phenoxy) is 1. The monoisotopic (exact) mass is 418 g/mol. The highest BCUT2D eigenvalue weighted by Gasteiger charge is 2.17. The van der Waals surface area contributed by atoms with Gasteiger partial charge in [-0.05, 0) is 68.5 Å². The van der Waals surface area contributed by atoms with Crippen molar-refractivity contribution in [2.45, 2.75) is 58.4 Å². The fourth-order valence-corrected chi connectivity index (χ4v) is 4.39. The molecule has 0 bridgehead atoms. The minimum atomic E-state index is -3.57. The molecule has 7 heteroatoms. The Bertz CT molecular complexity index is 947. The van der Waals surface area contributed by atoms with Gasteiger partial charge in [0.2, 0.25) is 10.0 Å². The zero-order valence-corrected chi connectivity index (χ0v) is 18.5. The lowest BCUT2D eigenvalue weighted by Crippen LogP contribution is -2.30. The predicted octanol–water partition coefficient (Wildman–Crippen LogP) is 3.82. The van der Waals surface area contributed by atoms with Gasteiger partial charge in [-0.2, -0.15) is 0 Å². The number of nitrogens with one attached hydrogen (secondary N) is 2. The van der Waals surface area contributed by atoms with Crippen LogP contribution in [0.2, 0.25) is 0 Å². The Morgan fingerprint density at radius 1 is 1.07 bits per heavy atom. The Balaban J connectivity index is 2.08. The van der Waals surface area contributed by atoms with Crippen LogP contribution >= 0.6 is 0 Å². The van der Waals surface area contributed by atoms with Crippen molar-refractivity contribution in [3.05, 3.63) is 53.1 Å². The van der Waals surface area contributed by atoms with E-state index in [2.05, 4.69) is 10.0 Å². The van der Waals surface area contributed by atoms with Gasteiger partial charge in [0, 0.05) is 11.7 Å². The third kappa shape index (κ3) is 6.05. The molecule has 0 spiro atoms. The van der Waals surface area contributed by atoms with E-state index < -0.39 is 10.0 Å². The number of hydrogen-bond acceptors (Lipinski definition) is 4. The standard InChI is InChI=1S/C22H30N2O4S/c1-6-17-9-8-10-18(7-2)22(17)23-21(25)14-28-20-12-11-19(13-16(20)5)29(26,27)24-15(3)4/h8-13,15,24H,6-7,14H2,1-5H3,(H,23,25). The number of carbonyl (C=O) groups excluding carboxylic acids is 1. The van der Waals surface area contributed by atoms with E-state index in [1.54, 1.807) is 32.9 Å². The van der Waals surface area contributed by atoms with Gasteiger partial charge < -0.3 is 10.1 Å². The highest BCUT2D eigenvalue weighted by atomic mass is 32.2. The zero-order chi connectivity index (χ0) is 21.6. The maximum absolute atomic E-state index is 12.4. The average molecular weight is 419 g/mol. The molecule has 0 aliphatic rings. The van der Waals surface area contributed by atoms with Crippen LogP contribution < -0.4 is 14.8 Å². The third-order valence-corrected chi connectivity index (χ3v) is 6.13. The molecule has 6 nitrogen and oxygen atoms in total. The lowest BCUT2D eigenvalue weighted by Gasteiger charge is -2.15. The summed E-state index contributed by atoms with van der Waals surface area (Å²) in [6.07, 6.45) is 1.65. The zero-order valence-electron chi connectivity index (χ0n) is 17.7. The Morgan fingerprint density at radius 2 is 1.69 bits per heavy atom. The Labute approximate surface area is 173 Å². The first kappa shape index (κ1) is 22.9. The molecule has 2 aromatic rings. The van der Waals surface area contributed by atoms with E-state index in [1.807, 2.05) is 32.0 Å².